The Labute approximate surface area is 90.6 Å². The number of amides is 2. The summed E-state index contributed by atoms with van der Waals surface area (Å²) in [6, 6.07) is 0.150. The molecular weight excluding hydrogens is 196 g/mol. The van der Waals surface area contributed by atoms with Crippen LogP contribution in [-0.2, 0) is 0 Å². The lowest BCUT2D eigenvalue weighted by Crippen LogP contribution is -2.42. The molecule has 0 fully saturated rings. The monoisotopic (exact) mass is 214 g/mol. The maximum absolute atomic E-state index is 11.4. The predicted octanol–water partition coefficient (Wildman–Crippen LogP) is 1.40. The van der Waals surface area contributed by atoms with Crippen molar-refractivity contribution in [3.05, 3.63) is 0 Å². The summed E-state index contributed by atoms with van der Waals surface area (Å²) in [7, 11) is 1.79. The zero-order valence-electron chi connectivity index (χ0n) is 9.04. The average Bonchev–Trinajstić information content (AvgIpc) is 2.21. The molecular formula is C10H18N2OS. The summed E-state index contributed by atoms with van der Waals surface area (Å²) in [4.78, 5) is 13.1. The van der Waals surface area contributed by atoms with E-state index in [0.717, 1.165) is 12.2 Å². The number of rotatable bonds is 5. The van der Waals surface area contributed by atoms with E-state index in [4.69, 9.17) is 6.42 Å². The largest absolute Gasteiger partial charge is 0.327 e. The minimum atomic E-state index is -0.100. The molecule has 0 radical (unpaired) electrons. The highest BCUT2D eigenvalue weighted by Crippen LogP contribution is 2.05. The van der Waals surface area contributed by atoms with Gasteiger partial charge in [0, 0.05) is 13.1 Å². The number of nitrogens with one attached hydrogen (secondary N) is 1. The normalized spacial score (nSPS) is 11.6. The Morgan fingerprint density at radius 2 is 2.36 bits per heavy atom. The predicted molar refractivity (Wildman–Crippen MR) is 62.5 cm³/mol. The summed E-state index contributed by atoms with van der Waals surface area (Å²) < 4.78 is 0. The fraction of sp³-hybridized carbons (Fsp3) is 0.700. The van der Waals surface area contributed by atoms with Crippen LogP contribution in [0.4, 0.5) is 4.79 Å². The van der Waals surface area contributed by atoms with E-state index >= 15 is 0 Å². The molecule has 0 aliphatic rings. The molecule has 0 heterocycles. The molecule has 80 valence electrons. The van der Waals surface area contributed by atoms with E-state index in [1.165, 1.54) is 0 Å². The van der Waals surface area contributed by atoms with Gasteiger partial charge >= 0.3 is 6.03 Å². The third kappa shape index (κ3) is 5.03. The number of hydrogen-bond donors (Lipinski definition) is 1. The maximum atomic E-state index is 11.4. The van der Waals surface area contributed by atoms with Crippen LogP contribution in [0.25, 0.3) is 0 Å². The number of carbonyl (C=O) groups is 1. The second-order valence-corrected chi connectivity index (χ2v) is 4.09. The van der Waals surface area contributed by atoms with Gasteiger partial charge in [-0.05, 0) is 25.4 Å². The van der Waals surface area contributed by atoms with Crippen molar-refractivity contribution < 1.29 is 4.79 Å². The maximum Gasteiger partial charge on any atom is 0.318 e. The smallest absolute Gasteiger partial charge is 0.318 e. The van der Waals surface area contributed by atoms with Gasteiger partial charge in [0.1, 0.15) is 0 Å². The van der Waals surface area contributed by atoms with Crippen molar-refractivity contribution in [2.45, 2.75) is 19.4 Å². The molecule has 14 heavy (non-hydrogen) atoms. The van der Waals surface area contributed by atoms with Crippen molar-refractivity contribution >= 4 is 17.8 Å². The highest BCUT2D eigenvalue weighted by molar-refractivity contribution is 7.98. The third-order valence-electron chi connectivity index (χ3n) is 2.06. The first-order valence-electron chi connectivity index (χ1n) is 4.56. The quantitative estimate of drug-likeness (QED) is 0.702. The average molecular weight is 214 g/mol. The zero-order valence-corrected chi connectivity index (χ0v) is 9.86. The van der Waals surface area contributed by atoms with Crippen molar-refractivity contribution in [2.75, 3.05) is 25.6 Å². The van der Waals surface area contributed by atoms with E-state index in [0.29, 0.717) is 6.54 Å². The van der Waals surface area contributed by atoms with E-state index in [1.807, 2.05) is 6.92 Å². The first-order valence-corrected chi connectivity index (χ1v) is 5.96. The highest BCUT2D eigenvalue weighted by atomic mass is 32.2. The minimum Gasteiger partial charge on any atom is -0.327 e. The molecule has 3 nitrogen and oxygen atoms in total. The lowest BCUT2D eigenvalue weighted by atomic mass is 10.2. The van der Waals surface area contributed by atoms with Crippen LogP contribution in [0.3, 0.4) is 0 Å². The molecule has 1 N–H and O–H groups in total. The molecule has 0 aliphatic heterocycles. The highest BCUT2D eigenvalue weighted by Gasteiger charge is 2.13. The minimum absolute atomic E-state index is 0.100. The number of thioether (sulfide) groups is 1. The van der Waals surface area contributed by atoms with Crippen molar-refractivity contribution in [1.82, 2.24) is 10.2 Å². The summed E-state index contributed by atoms with van der Waals surface area (Å²) in [5.41, 5.74) is 0. The van der Waals surface area contributed by atoms with Crippen LogP contribution in [0, 0.1) is 12.3 Å². The van der Waals surface area contributed by atoms with Crippen molar-refractivity contribution in [3.8, 4) is 12.3 Å². The van der Waals surface area contributed by atoms with Crippen LogP contribution in [0.5, 0.6) is 0 Å². The Bertz CT molecular complexity index is 213. The number of carbonyl (C=O) groups excluding carboxylic acids is 1. The number of nitrogens with zero attached hydrogens (tertiary/aromatic N) is 1. The Morgan fingerprint density at radius 3 is 2.86 bits per heavy atom. The van der Waals surface area contributed by atoms with Crippen LogP contribution in [0.15, 0.2) is 0 Å². The van der Waals surface area contributed by atoms with Crippen LogP contribution < -0.4 is 5.32 Å². The fourth-order valence-electron chi connectivity index (χ4n) is 0.934. The SMILES string of the molecule is C#CCNC(=O)N(C)C(C)CCSC. The lowest BCUT2D eigenvalue weighted by molar-refractivity contribution is 0.194. The van der Waals surface area contributed by atoms with Gasteiger partial charge in [-0.2, -0.15) is 11.8 Å². The summed E-state index contributed by atoms with van der Waals surface area (Å²) >= 11 is 1.79. The van der Waals surface area contributed by atoms with Crippen molar-refractivity contribution in [3.63, 3.8) is 0 Å². The Kier molecular flexibility index (Phi) is 7.13. The van der Waals surface area contributed by atoms with Gasteiger partial charge in [-0.15, -0.1) is 6.42 Å². The van der Waals surface area contributed by atoms with E-state index < -0.39 is 0 Å². The molecule has 0 spiro atoms. The molecule has 2 amide bonds. The van der Waals surface area contributed by atoms with Crippen LogP contribution in [-0.4, -0.2) is 42.6 Å². The van der Waals surface area contributed by atoms with Crippen molar-refractivity contribution in [2.24, 2.45) is 0 Å². The topological polar surface area (TPSA) is 32.3 Å². The fourth-order valence-corrected chi connectivity index (χ4v) is 1.51. The van der Waals surface area contributed by atoms with E-state index in [2.05, 4.69) is 17.5 Å². The molecule has 0 aromatic carbocycles. The van der Waals surface area contributed by atoms with Crippen LogP contribution in [0.2, 0.25) is 0 Å². The molecule has 1 unspecified atom stereocenters. The second-order valence-electron chi connectivity index (χ2n) is 3.10. The summed E-state index contributed by atoms with van der Waals surface area (Å²) in [6.45, 7) is 2.32. The van der Waals surface area contributed by atoms with Gasteiger partial charge in [0.25, 0.3) is 0 Å². The lowest BCUT2D eigenvalue weighted by Gasteiger charge is -2.24. The Balaban J connectivity index is 3.85. The molecule has 0 saturated carbocycles. The van der Waals surface area contributed by atoms with Gasteiger partial charge in [0.05, 0.1) is 6.54 Å². The Morgan fingerprint density at radius 1 is 1.71 bits per heavy atom. The van der Waals surface area contributed by atoms with Gasteiger partial charge in [-0.1, -0.05) is 5.92 Å². The van der Waals surface area contributed by atoms with E-state index in [1.54, 1.807) is 23.7 Å². The molecule has 0 rings (SSSR count). The zero-order chi connectivity index (χ0) is 11.0. The molecule has 0 saturated heterocycles. The molecule has 0 aliphatic carbocycles. The third-order valence-corrected chi connectivity index (χ3v) is 2.71. The van der Waals surface area contributed by atoms with Gasteiger partial charge in [-0.3, -0.25) is 0 Å². The van der Waals surface area contributed by atoms with Gasteiger partial charge in [0.2, 0.25) is 0 Å². The van der Waals surface area contributed by atoms with Gasteiger partial charge < -0.3 is 10.2 Å². The molecule has 1 atom stereocenters. The van der Waals surface area contributed by atoms with Crippen LogP contribution >= 0.6 is 11.8 Å². The van der Waals surface area contributed by atoms with E-state index in [9.17, 15) is 4.79 Å². The first kappa shape index (κ1) is 13.2. The summed E-state index contributed by atoms with van der Waals surface area (Å²) in [6.07, 6.45) is 8.11. The molecule has 0 aromatic heterocycles. The number of hydrogen-bond acceptors (Lipinski definition) is 2. The Hall–Kier alpha value is -0.820. The van der Waals surface area contributed by atoms with E-state index in [-0.39, 0.29) is 12.1 Å². The van der Waals surface area contributed by atoms with Gasteiger partial charge in [-0.25, -0.2) is 4.79 Å². The van der Waals surface area contributed by atoms with Gasteiger partial charge in [0.15, 0.2) is 0 Å². The summed E-state index contributed by atoms with van der Waals surface area (Å²) in [5.74, 6) is 3.44. The summed E-state index contributed by atoms with van der Waals surface area (Å²) in [5, 5.41) is 2.63. The van der Waals surface area contributed by atoms with Crippen LogP contribution in [0.1, 0.15) is 13.3 Å². The first-order chi connectivity index (χ1) is 6.63. The van der Waals surface area contributed by atoms with Crippen molar-refractivity contribution in [1.29, 1.82) is 0 Å². The second kappa shape index (κ2) is 7.57. The number of urea groups is 1. The number of terminal acetylenes is 1. The molecule has 0 aromatic rings. The molecule has 0 bridgehead atoms. The molecule has 4 heteroatoms. The standard InChI is InChI=1S/C10H18N2OS/c1-5-7-11-10(13)12(3)9(2)6-8-14-4/h1,9H,6-8H2,2-4H3,(H,11,13).